The highest BCUT2D eigenvalue weighted by Gasteiger charge is 2.38. The second-order valence-corrected chi connectivity index (χ2v) is 17.3. The molecule has 0 bridgehead atoms. The summed E-state index contributed by atoms with van der Waals surface area (Å²) in [7, 11) is 4.96. The molecule has 0 saturated carbocycles. The molecule has 306 valence electrons. The Morgan fingerprint density at radius 2 is 1.67 bits per heavy atom. The minimum absolute atomic E-state index is 0.0545. The van der Waals surface area contributed by atoms with E-state index in [1.54, 1.807) is 18.9 Å². The summed E-state index contributed by atoms with van der Waals surface area (Å²) in [4.78, 5) is 76.0. The van der Waals surface area contributed by atoms with E-state index in [2.05, 4.69) is 5.32 Å². The third-order valence-corrected chi connectivity index (χ3v) is 12.2. The Kier molecular flexibility index (Phi) is 17.5. The van der Waals surface area contributed by atoms with Crippen LogP contribution in [0.1, 0.15) is 125 Å². The normalized spacial score (nSPS) is 19.0. The van der Waals surface area contributed by atoms with E-state index >= 15 is 0 Å². The molecule has 1 saturated heterocycles. The summed E-state index contributed by atoms with van der Waals surface area (Å²) in [5.41, 5.74) is 1.24. The van der Waals surface area contributed by atoms with Crippen molar-refractivity contribution in [2.45, 2.75) is 130 Å². The number of nitrogens with zero attached hydrogens (tertiary/aromatic N) is 3. The predicted octanol–water partition coefficient (Wildman–Crippen LogP) is 5.97. The van der Waals surface area contributed by atoms with Gasteiger partial charge in [0.25, 0.3) is 5.91 Å². The Morgan fingerprint density at radius 3 is 2.24 bits per heavy atom. The number of amides is 2. The van der Waals surface area contributed by atoms with Crippen LogP contribution in [0.15, 0.2) is 30.3 Å². The van der Waals surface area contributed by atoms with Gasteiger partial charge in [-0.05, 0) is 56.0 Å². The topological polar surface area (TPSA) is 155 Å². The highest BCUT2D eigenvalue weighted by Crippen LogP contribution is 2.36. The first-order chi connectivity index (χ1) is 25.8. The number of ether oxygens (including phenoxy) is 2. The lowest BCUT2D eigenvalue weighted by atomic mass is 9.84. The van der Waals surface area contributed by atoms with Gasteiger partial charge in [-0.1, -0.05) is 78.8 Å². The van der Waals surface area contributed by atoms with Crippen molar-refractivity contribution >= 4 is 40.9 Å². The van der Waals surface area contributed by atoms with Crippen LogP contribution in [0, 0.1) is 23.7 Å². The lowest BCUT2D eigenvalue weighted by Gasteiger charge is -2.38. The second kappa shape index (κ2) is 21.0. The van der Waals surface area contributed by atoms with Crippen molar-refractivity contribution in [3.63, 3.8) is 0 Å². The van der Waals surface area contributed by atoms with Crippen molar-refractivity contribution in [2.75, 3.05) is 27.7 Å². The maximum absolute atomic E-state index is 14.3. The number of hydrogen-bond donors (Lipinski definition) is 2. The third kappa shape index (κ3) is 12.9. The van der Waals surface area contributed by atoms with Gasteiger partial charge >= 0.3 is 11.9 Å². The third-order valence-electron chi connectivity index (χ3n) is 10.7. The van der Waals surface area contributed by atoms with Gasteiger partial charge in [0.2, 0.25) is 5.91 Å². The lowest BCUT2D eigenvalue weighted by Crippen LogP contribution is -2.49. The van der Waals surface area contributed by atoms with Gasteiger partial charge < -0.3 is 24.8 Å². The molecular formula is C42H64N4O8S. The van der Waals surface area contributed by atoms with Gasteiger partial charge in [0.15, 0.2) is 11.9 Å². The van der Waals surface area contributed by atoms with Gasteiger partial charge in [-0.25, -0.2) is 4.98 Å². The second-order valence-electron chi connectivity index (χ2n) is 16.2. The first-order valence-corrected chi connectivity index (χ1v) is 20.4. The average Bonchev–Trinajstić information content (AvgIpc) is 3.58. The zero-order chi connectivity index (χ0) is 41.1. The number of benzene rings is 1. The monoisotopic (exact) mass is 784 g/mol. The van der Waals surface area contributed by atoms with Crippen molar-refractivity contribution in [3.8, 4) is 0 Å². The molecule has 0 unspecified atom stereocenters. The number of hydrogen-bond acceptors (Lipinski definition) is 11. The molecule has 2 amide bonds. The number of methoxy groups -OCH3 is 1. The summed E-state index contributed by atoms with van der Waals surface area (Å²) in [5, 5.41) is 13.8. The van der Waals surface area contributed by atoms with Crippen molar-refractivity contribution in [1.29, 1.82) is 0 Å². The van der Waals surface area contributed by atoms with Gasteiger partial charge in [-0.15, -0.1) is 11.3 Å². The smallest absolute Gasteiger partial charge is 0.308 e. The van der Waals surface area contributed by atoms with E-state index in [-0.39, 0.29) is 59.9 Å². The van der Waals surface area contributed by atoms with Gasteiger partial charge in [-0.2, -0.15) is 0 Å². The van der Waals surface area contributed by atoms with Crippen molar-refractivity contribution < 1.29 is 38.6 Å². The van der Waals surface area contributed by atoms with E-state index < -0.39 is 48.1 Å². The molecule has 1 aromatic heterocycles. The number of ketones is 1. The summed E-state index contributed by atoms with van der Waals surface area (Å²) in [6, 6.07) is 8.49. The van der Waals surface area contributed by atoms with E-state index in [4.69, 9.17) is 14.5 Å². The largest absolute Gasteiger partial charge is 0.469 e. The fourth-order valence-corrected chi connectivity index (χ4v) is 8.54. The molecule has 3 rings (SSSR count). The van der Waals surface area contributed by atoms with Crippen molar-refractivity contribution in [2.24, 2.45) is 23.7 Å². The number of nitrogens with one attached hydrogen (secondary N) is 1. The van der Waals surface area contributed by atoms with Crippen LogP contribution in [0.3, 0.4) is 0 Å². The number of carbonyl (C=O) groups excluding carboxylic acids is 5. The van der Waals surface area contributed by atoms with Crippen LogP contribution < -0.4 is 5.32 Å². The van der Waals surface area contributed by atoms with Gasteiger partial charge in [-0.3, -0.25) is 28.9 Å². The molecule has 0 radical (unpaired) electrons. The van der Waals surface area contributed by atoms with Crippen LogP contribution in [-0.2, 0) is 35.1 Å². The maximum Gasteiger partial charge on any atom is 0.308 e. The minimum Gasteiger partial charge on any atom is -0.469 e. The minimum atomic E-state index is -0.847. The molecule has 2 aromatic rings. The van der Waals surface area contributed by atoms with Crippen LogP contribution in [-0.4, -0.2) is 101 Å². The molecule has 1 fully saturated rings. The molecule has 2 heterocycles. The number of likely N-dealkylation sites (tertiary alicyclic amines) is 1. The number of likely N-dealkylation sites (N-methyl/N-ethyl adjacent to an activating group) is 1. The summed E-state index contributed by atoms with van der Waals surface area (Å²) < 4.78 is 10.9. The Morgan fingerprint density at radius 1 is 1.02 bits per heavy atom. The number of esters is 2. The molecule has 7 atom stereocenters. The molecule has 13 heteroatoms. The Hall–Kier alpha value is -3.68. The number of carbonyl (C=O) groups is 5. The predicted molar refractivity (Wildman–Crippen MR) is 214 cm³/mol. The van der Waals surface area contributed by atoms with Crippen molar-refractivity contribution in [1.82, 2.24) is 20.1 Å². The Balaban J connectivity index is 1.91. The van der Waals surface area contributed by atoms with Crippen LogP contribution in [0.5, 0.6) is 0 Å². The average molecular weight is 785 g/mol. The number of thiazole rings is 1. The van der Waals surface area contributed by atoms with E-state index in [9.17, 15) is 29.1 Å². The number of piperidine rings is 1. The number of Topliss-reactive ketones (excluding diaryl/α,β-unsaturated/α-hetero) is 1. The van der Waals surface area contributed by atoms with Gasteiger partial charge in [0, 0.05) is 56.2 Å². The standard InChI is InChI=1S/C42H64N4O8S/c1-24(2)32(22-35(49)34-21-31(48)17-18-45(34)9)41(51)46(10)33(25(3)4)23-36(54-28(8)47)40-44-37(38(55-40)26(5)6)39(50)43-30(19-27(7)42(52)53-11)20-29-15-13-12-14-16-29/h12-16,24-27,30-34,36,48H,17-23H2,1-11H3,(H,43,50)/t27-,30+,31+,32-,33+,34+,36+/m0/s1. The molecule has 1 aliphatic rings. The lowest BCUT2D eigenvalue weighted by molar-refractivity contribution is -0.149. The van der Waals surface area contributed by atoms with E-state index in [0.29, 0.717) is 37.2 Å². The molecule has 0 aliphatic carbocycles. The molecule has 0 spiro atoms. The number of aliphatic hydroxyl groups is 1. The first-order valence-electron chi connectivity index (χ1n) is 19.6. The van der Waals surface area contributed by atoms with Gasteiger partial charge in [0.05, 0.1) is 25.2 Å². The summed E-state index contributed by atoms with van der Waals surface area (Å²) in [5.74, 6) is -2.78. The summed E-state index contributed by atoms with van der Waals surface area (Å²) >= 11 is 1.31. The fraction of sp³-hybridized carbons (Fsp3) is 0.667. The Bertz CT molecular complexity index is 1590. The highest BCUT2D eigenvalue weighted by atomic mass is 32.1. The fourth-order valence-electron chi connectivity index (χ4n) is 7.43. The van der Waals surface area contributed by atoms with Crippen LogP contribution in [0.25, 0.3) is 0 Å². The zero-order valence-corrected chi connectivity index (χ0v) is 35.5. The molecule has 1 aliphatic heterocycles. The number of aromatic nitrogens is 1. The Labute approximate surface area is 331 Å². The molecular weight excluding hydrogens is 721 g/mol. The van der Waals surface area contributed by atoms with Crippen LogP contribution in [0.2, 0.25) is 0 Å². The molecule has 55 heavy (non-hydrogen) atoms. The highest BCUT2D eigenvalue weighted by molar-refractivity contribution is 7.12. The molecule has 12 nitrogen and oxygen atoms in total. The summed E-state index contributed by atoms with van der Waals surface area (Å²) in [6.07, 6.45) is 0.735. The van der Waals surface area contributed by atoms with E-state index in [1.807, 2.05) is 83.8 Å². The molecule has 2 N–H and O–H groups in total. The van der Waals surface area contributed by atoms with Crippen molar-refractivity contribution in [3.05, 3.63) is 51.5 Å². The van der Waals surface area contributed by atoms with E-state index in [0.717, 1.165) is 10.4 Å². The van der Waals surface area contributed by atoms with E-state index in [1.165, 1.54) is 25.4 Å². The zero-order valence-electron chi connectivity index (χ0n) is 34.7. The first kappa shape index (κ1) is 45.7. The van der Waals surface area contributed by atoms with Crippen LogP contribution in [0.4, 0.5) is 0 Å². The quantitative estimate of drug-likeness (QED) is 0.163. The SMILES string of the molecule is COC(=O)[C@@H](C)C[C@H](Cc1ccccc1)NC(=O)c1nc([C@@H](C[C@H](C(C)C)N(C)C(=O)[C@@H](CC(=O)[C@H]2C[C@H](O)CCN2C)C(C)C)OC(C)=O)sc1C(C)C. The number of rotatable bonds is 19. The molecule has 1 aromatic carbocycles. The van der Waals surface area contributed by atoms with Crippen LogP contribution >= 0.6 is 11.3 Å². The summed E-state index contributed by atoms with van der Waals surface area (Å²) in [6.45, 7) is 15.5. The van der Waals surface area contributed by atoms with Gasteiger partial charge in [0.1, 0.15) is 10.7 Å². The maximum atomic E-state index is 14.3. The number of aliphatic hydroxyl groups excluding tert-OH is 1.